The molecule has 0 N–H and O–H groups in total. The molecule has 3 aromatic rings. The number of likely N-dealkylation sites (tertiary alicyclic amines) is 1. The van der Waals surface area contributed by atoms with E-state index in [0.29, 0.717) is 42.3 Å². The van der Waals surface area contributed by atoms with Crippen LogP contribution < -0.4 is 14.2 Å². The molecule has 5 rings (SSSR count). The summed E-state index contributed by atoms with van der Waals surface area (Å²) in [5, 5.41) is 0. The molecule has 0 saturated carbocycles. The number of rotatable bonds is 6. The first-order chi connectivity index (χ1) is 14.7. The molecule has 2 aliphatic rings. The van der Waals surface area contributed by atoms with Gasteiger partial charge in [0.2, 0.25) is 6.79 Å². The Hall–Kier alpha value is -3.06. The summed E-state index contributed by atoms with van der Waals surface area (Å²) in [6.45, 7) is 4.92. The summed E-state index contributed by atoms with van der Waals surface area (Å²) in [6, 6.07) is 14.6. The van der Waals surface area contributed by atoms with E-state index in [1.165, 1.54) is 0 Å². The van der Waals surface area contributed by atoms with Crippen molar-refractivity contribution in [3.8, 4) is 17.5 Å². The standard InChI is InChI=1S/C23H25N3O4/c1-2-28-23-24-18-5-3-4-6-19(18)26(23)17-9-11-25(12-10-17)14-20(27)16-7-8-21-22(13-16)30-15-29-21/h3-8,13,17H,2,9-12,14-15H2,1H3. The van der Waals surface area contributed by atoms with E-state index in [2.05, 4.69) is 20.5 Å². The SMILES string of the molecule is CCOc1nc2ccccc2n1C1CCN(CC(=O)c2ccc3c(c2)OCO3)CC1. The minimum Gasteiger partial charge on any atom is -0.465 e. The number of fused-ring (bicyclic) bond motifs is 2. The summed E-state index contributed by atoms with van der Waals surface area (Å²) in [5.41, 5.74) is 2.73. The second-order valence-corrected chi connectivity index (χ2v) is 7.68. The van der Waals surface area contributed by atoms with Gasteiger partial charge in [0.1, 0.15) is 0 Å². The smallest absolute Gasteiger partial charge is 0.297 e. The molecule has 30 heavy (non-hydrogen) atoms. The first kappa shape index (κ1) is 18.9. The predicted octanol–water partition coefficient (Wildman–Crippen LogP) is 3.68. The van der Waals surface area contributed by atoms with Gasteiger partial charge in [-0.3, -0.25) is 14.3 Å². The van der Waals surface area contributed by atoms with E-state index in [1.807, 2.05) is 31.2 Å². The van der Waals surface area contributed by atoms with Crippen LogP contribution in [-0.4, -0.2) is 53.3 Å². The molecule has 156 valence electrons. The molecule has 0 atom stereocenters. The number of hydrogen-bond donors (Lipinski definition) is 0. The van der Waals surface area contributed by atoms with E-state index in [9.17, 15) is 4.79 Å². The quantitative estimate of drug-likeness (QED) is 0.581. The summed E-state index contributed by atoms with van der Waals surface area (Å²) < 4.78 is 18.8. The van der Waals surface area contributed by atoms with Crippen LogP contribution in [0.15, 0.2) is 42.5 Å². The van der Waals surface area contributed by atoms with Crippen LogP contribution >= 0.6 is 0 Å². The van der Waals surface area contributed by atoms with Gasteiger partial charge in [0.15, 0.2) is 17.3 Å². The van der Waals surface area contributed by atoms with Crippen LogP contribution in [-0.2, 0) is 0 Å². The van der Waals surface area contributed by atoms with Crippen LogP contribution in [0.3, 0.4) is 0 Å². The van der Waals surface area contributed by atoms with Crippen molar-refractivity contribution in [3.05, 3.63) is 48.0 Å². The Morgan fingerprint density at radius 1 is 1.13 bits per heavy atom. The molecule has 0 bridgehead atoms. The molecule has 1 aromatic heterocycles. The maximum Gasteiger partial charge on any atom is 0.297 e. The van der Waals surface area contributed by atoms with E-state index in [0.717, 1.165) is 37.0 Å². The van der Waals surface area contributed by atoms with Crippen LogP contribution in [0.25, 0.3) is 11.0 Å². The van der Waals surface area contributed by atoms with Crippen LogP contribution in [0.5, 0.6) is 17.5 Å². The molecule has 2 aromatic carbocycles. The van der Waals surface area contributed by atoms with Crippen molar-refractivity contribution in [1.29, 1.82) is 0 Å². The topological polar surface area (TPSA) is 65.8 Å². The van der Waals surface area contributed by atoms with Crippen LogP contribution in [0, 0.1) is 0 Å². The number of benzene rings is 2. The molecule has 0 unspecified atom stereocenters. The number of aromatic nitrogens is 2. The number of piperidine rings is 1. The monoisotopic (exact) mass is 407 g/mol. The van der Waals surface area contributed by atoms with Gasteiger partial charge in [-0.2, -0.15) is 4.98 Å². The highest BCUT2D eigenvalue weighted by Crippen LogP contribution is 2.34. The number of imidazole rings is 1. The third kappa shape index (κ3) is 3.50. The molecule has 1 fully saturated rings. The van der Waals surface area contributed by atoms with Gasteiger partial charge in [0.25, 0.3) is 6.01 Å². The molecular formula is C23H25N3O4. The summed E-state index contributed by atoms with van der Waals surface area (Å²) in [5.74, 6) is 1.45. The number of para-hydroxylation sites is 2. The van der Waals surface area contributed by atoms with Crippen molar-refractivity contribution in [2.24, 2.45) is 0 Å². The molecule has 0 amide bonds. The van der Waals surface area contributed by atoms with Gasteiger partial charge < -0.3 is 14.2 Å². The fourth-order valence-corrected chi connectivity index (χ4v) is 4.31. The highest BCUT2D eigenvalue weighted by atomic mass is 16.7. The van der Waals surface area contributed by atoms with Crippen LogP contribution in [0.2, 0.25) is 0 Å². The average Bonchev–Trinajstić information content (AvgIpc) is 3.38. The normalized spacial score (nSPS) is 16.8. The van der Waals surface area contributed by atoms with Crippen LogP contribution in [0.1, 0.15) is 36.2 Å². The third-order valence-electron chi connectivity index (χ3n) is 5.82. The highest BCUT2D eigenvalue weighted by Gasteiger charge is 2.26. The van der Waals surface area contributed by atoms with Gasteiger partial charge in [-0.1, -0.05) is 12.1 Å². The van der Waals surface area contributed by atoms with Gasteiger partial charge in [-0.15, -0.1) is 0 Å². The van der Waals surface area contributed by atoms with E-state index in [-0.39, 0.29) is 12.6 Å². The number of nitrogens with zero attached hydrogens (tertiary/aromatic N) is 3. The van der Waals surface area contributed by atoms with Crippen molar-refractivity contribution in [1.82, 2.24) is 14.5 Å². The lowest BCUT2D eigenvalue weighted by Gasteiger charge is -2.32. The highest BCUT2D eigenvalue weighted by molar-refractivity contribution is 5.98. The average molecular weight is 407 g/mol. The van der Waals surface area contributed by atoms with E-state index < -0.39 is 0 Å². The van der Waals surface area contributed by atoms with Crippen molar-refractivity contribution in [2.75, 3.05) is 33.0 Å². The molecule has 0 aliphatic carbocycles. The number of Topliss-reactive ketones (excluding diaryl/α,β-unsaturated/α-hetero) is 1. The zero-order valence-electron chi connectivity index (χ0n) is 17.0. The number of ketones is 1. The minimum atomic E-state index is 0.106. The number of hydrogen-bond acceptors (Lipinski definition) is 6. The maximum atomic E-state index is 12.8. The Morgan fingerprint density at radius 3 is 2.77 bits per heavy atom. The van der Waals surface area contributed by atoms with Crippen LogP contribution in [0.4, 0.5) is 0 Å². The van der Waals surface area contributed by atoms with Crippen molar-refractivity contribution < 1.29 is 19.0 Å². The van der Waals surface area contributed by atoms with Gasteiger partial charge in [-0.05, 0) is 50.1 Å². The van der Waals surface area contributed by atoms with Crippen molar-refractivity contribution in [3.63, 3.8) is 0 Å². The zero-order valence-corrected chi connectivity index (χ0v) is 17.0. The Labute approximate surface area is 175 Å². The fourth-order valence-electron chi connectivity index (χ4n) is 4.31. The Morgan fingerprint density at radius 2 is 1.93 bits per heavy atom. The second-order valence-electron chi connectivity index (χ2n) is 7.68. The van der Waals surface area contributed by atoms with E-state index in [1.54, 1.807) is 12.1 Å². The van der Waals surface area contributed by atoms with E-state index >= 15 is 0 Å². The van der Waals surface area contributed by atoms with Crippen molar-refractivity contribution >= 4 is 16.8 Å². The molecule has 0 radical (unpaired) electrons. The van der Waals surface area contributed by atoms with Crippen molar-refractivity contribution in [2.45, 2.75) is 25.8 Å². The van der Waals surface area contributed by atoms with Gasteiger partial charge >= 0.3 is 0 Å². The summed E-state index contributed by atoms with van der Waals surface area (Å²) in [4.78, 5) is 19.7. The Bertz CT molecular complexity index is 1070. The summed E-state index contributed by atoms with van der Waals surface area (Å²) in [7, 11) is 0. The third-order valence-corrected chi connectivity index (χ3v) is 5.82. The number of ether oxygens (including phenoxy) is 3. The first-order valence-corrected chi connectivity index (χ1v) is 10.5. The zero-order chi connectivity index (χ0) is 20.5. The molecule has 3 heterocycles. The second kappa shape index (κ2) is 7.99. The minimum absolute atomic E-state index is 0.106. The Balaban J connectivity index is 1.26. The Kier molecular flexibility index (Phi) is 5.04. The van der Waals surface area contributed by atoms with Gasteiger partial charge in [-0.25, -0.2) is 0 Å². The molecule has 1 saturated heterocycles. The first-order valence-electron chi connectivity index (χ1n) is 10.5. The lowest BCUT2D eigenvalue weighted by atomic mass is 10.0. The van der Waals surface area contributed by atoms with Gasteiger partial charge in [0.05, 0.1) is 24.2 Å². The fraction of sp³-hybridized carbons (Fsp3) is 0.391. The molecule has 7 heteroatoms. The molecule has 7 nitrogen and oxygen atoms in total. The maximum absolute atomic E-state index is 12.8. The van der Waals surface area contributed by atoms with Gasteiger partial charge in [0, 0.05) is 24.7 Å². The predicted molar refractivity (Wildman–Crippen MR) is 113 cm³/mol. The molecule has 0 spiro atoms. The lowest BCUT2D eigenvalue weighted by Crippen LogP contribution is -2.38. The summed E-state index contributed by atoms with van der Waals surface area (Å²) in [6.07, 6.45) is 1.91. The molecule has 2 aliphatic heterocycles. The molecular weight excluding hydrogens is 382 g/mol. The van der Waals surface area contributed by atoms with E-state index in [4.69, 9.17) is 14.2 Å². The lowest BCUT2D eigenvalue weighted by molar-refractivity contribution is 0.0895. The number of carbonyl (C=O) groups is 1. The summed E-state index contributed by atoms with van der Waals surface area (Å²) >= 11 is 0. The number of carbonyl (C=O) groups excluding carboxylic acids is 1. The largest absolute Gasteiger partial charge is 0.465 e.